The molecule has 1 amide bonds. The summed E-state index contributed by atoms with van der Waals surface area (Å²) in [6.45, 7) is 1.87. The predicted octanol–water partition coefficient (Wildman–Crippen LogP) is 0.391. The molecule has 2 heterocycles. The van der Waals surface area contributed by atoms with Crippen molar-refractivity contribution in [2.45, 2.75) is 31.5 Å². The Labute approximate surface area is 157 Å². The highest BCUT2D eigenvalue weighted by molar-refractivity contribution is 5.98. The second-order valence-electron chi connectivity index (χ2n) is 6.95. The molecule has 7 nitrogen and oxygen atoms in total. The van der Waals surface area contributed by atoms with Crippen molar-refractivity contribution in [2.75, 3.05) is 20.2 Å². The van der Waals surface area contributed by atoms with E-state index in [2.05, 4.69) is 10.6 Å². The van der Waals surface area contributed by atoms with E-state index in [1.165, 1.54) is 13.2 Å². The van der Waals surface area contributed by atoms with E-state index < -0.39 is 12.1 Å². The number of benzene rings is 1. The molecule has 142 valence electrons. The van der Waals surface area contributed by atoms with E-state index in [0.717, 1.165) is 11.1 Å². The number of carbonyl (C=O) groups excluding carboxylic acids is 1. The highest BCUT2D eigenvalue weighted by Gasteiger charge is 2.33. The molecule has 1 aliphatic heterocycles. The Balaban J connectivity index is 1.73. The average Bonchev–Trinajstić information content (AvgIpc) is 2.84. The van der Waals surface area contributed by atoms with E-state index in [0.29, 0.717) is 43.7 Å². The summed E-state index contributed by atoms with van der Waals surface area (Å²) in [5, 5.41) is 16.7. The summed E-state index contributed by atoms with van der Waals surface area (Å²) in [7, 11) is 1.46. The molecule has 1 aromatic heterocycles. The number of aliphatic hydroxyl groups excluding tert-OH is 1. The number of ether oxygens (including phenoxy) is 1. The van der Waals surface area contributed by atoms with E-state index in [-0.39, 0.29) is 17.2 Å². The second kappa shape index (κ2) is 7.17. The Morgan fingerprint density at radius 2 is 2.15 bits per heavy atom. The quantitative estimate of drug-likeness (QED) is 0.728. The van der Waals surface area contributed by atoms with Crippen molar-refractivity contribution in [1.82, 2.24) is 15.2 Å². The number of amides is 1. The summed E-state index contributed by atoms with van der Waals surface area (Å²) in [5.41, 5.74) is 2.83. The number of pyridine rings is 1. The predicted molar refractivity (Wildman–Crippen MR) is 100 cm³/mol. The minimum Gasteiger partial charge on any atom is -0.496 e. The molecule has 1 aromatic carbocycles. The molecule has 2 unspecified atom stereocenters. The largest absolute Gasteiger partial charge is 0.496 e. The molecule has 2 atom stereocenters. The zero-order valence-corrected chi connectivity index (χ0v) is 15.2. The first-order chi connectivity index (χ1) is 13.1. The summed E-state index contributed by atoms with van der Waals surface area (Å²) < 4.78 is 6.99. The lowest BCUT2D eigenvalue weighted by atomic mass is 10.0. The Kier molecular flexibility index (Phi) is 4.72. The van der Waals surface area contributed by atoms with Gasteiger partial charge in [0.05, 0.1) is 19.3 Å². The molecular weight excluding hydrogens is 346 g/mol. The van der Waals surface area contributed by atoms with Crippen molar-refractivity contribution < 1.29 is 14.6 Å². The minimum absolute atomic E-state index is 0.173. The zero-order chi connectivity index (χ0) is 19.0. The molecule has 0 fully saturated rings. The first-order valence-corrected chi connectivity index (χ1v) is 9.18. The summed E-state index contributed by atoms with van der Waals surface area (Å²) in [6.07, 6.45) is 0.386. The SMILES string of the molecule is COc1cc(=O)n2c(c1C(=O)NC1c3ccccc3CC1O)CCNCC2. The number of nitrogens with zero attached hydrogens (tertiary/aromatic N) is 1. The zero-order valence-electron chi connectivity index (χ0n) is 15.2. The number of fused-ring (bicyclic) bond motifs is 2. The van der Waals surface area contributed by atoms with Crippen LogP contribution in [0.25, 0.3) is 0 Å². The lowest BCUT2D eigenvalue weighted by Crippen LogP contribution is -2.36. The maximum Gasteiger partial charge on any atom is 0.257 e. The molecule has 0 saturated carbocycles. The van der Waals surface area contributed by atoms with Crippen molar-refractivity contribution in [2.24, 2.45) is 0 Å². The second-order valence-corrected chi connectivity index (χ2v) is 6.95. The van der Waals surface area contributed by atoms with Crippen LogP contribution in [0.3, 0.4) is 0 Å². The average molecular weight is 369 g/mol. The number of hydrogen-bond acceptors (Lipinski definition) is 5. The van der Waals surface area contributed by atoms with Gasteiger partial charge in [-0.15, -0.1) is 0 Å². The Morgan fingerprint density at radius 3 is 2.96 bits per heavy atom. The van der Waals surface area contributed by atoms with Gasteiger partial charge in [-0.25, -0.2) is 0 Å². The first-order valence-electron chi connectivity index (χ1n) is 9.18. The standard InChI is InChI=1S/C20H23N3O4/c1-27-16-11-17(25)23-9-8-21-7-6-14(23)18(16)20(26)22-19-13-5-3-2-4-12(13)10-15(19)24/h2-5,11,15,19,21,24H,6-10H2,1H3,(H,22,26). The van der Waals surface area contributed by atoms with Crippen LogP contribution in [0.15, 0.2) is 35.1 Å². The van der Waals surface area contributed by atoms with Crippen LogP contribution in [0, 0.1) is 0 Å². The van der Waals surface area contributed by atoms with Gasteiger partial charge in [-0.2, -0.15) is 0 Å². The number of rotatable bonds is 3. The molecule has 7 heteroatoms. The van der Waals surface area contributed by atoms with Gasteiger partial charge in [0.2, 0.25) is 0 Å². The molecule has 2 aliphatic rings. The number of carbonyl (C=O) groups is 1. The van der Waals surface area contributed by atoms with Crippen molar-refractivity contribution in [3.05, 3.63) is 63.1 Å². The fourth-order valence-electron chi connectivity index (χ4n) is 4.07. The van der Waals surface area contributed by atoms with Gasteiger partial charge in [0.15, 0.2) is 0 Å². The summed E-state index contributed by atoms with van der Waals surface area (Å²) >= 11 is 0. The van der Waals surface area contributed by atoms with Gasteiger partial charge < -0.3 is 25.0 Å². The first kappa shape index (κ1) is 17.8. The maximum atomic E-state index is 13.2. The molecule has 4 rings (SSSR count). The van der Waals surface area contributed by atoms with Crippen LogP contribution in [0.4, 0.5) is 0 Å². The summed E-state index contributed by atoms with van der Waals surface area (Å²) in [6, 6.07) is 8.60. The minimum atomic E-state index is -0.677. The molecule has 0 bridgehead atoms. The van der Waals surface area contributed by atoms with Crippen molar-refractivity contribution in [1.29, 1.82) is 0 Å². The smallest absolute Gasteiger partial charge is 0.257 e. The van der Waals surface area contributed by atoms with Crippen molar-refractivity contribution >= 4 is 5.91 Å². The summed E-state index contributed by atoms with van der Waals surface area (Å²) in [4.78, 5) is 25.6. The van der Waals surface area contributed by atoms with Crippen LogP contribution in [0.1, 0.15) is 33.2 Å². The van der Waals surface area contributed by atoms with Crippen LogP contribution in [-0.4, -0.2) is 41.9 Å². The summed E-state index contributed by atoms with van der Waals surface area (Å²) in [5.74, 6) is -0.0651. The molecule has 3 N–H and O–H groups in total. The number of methoxy groups -OCH3 is 1. The number of hydrogen-bond donors (Lipinski definition) is 3. The van der Waals surface area contributed by atoms with Crippen molar-refractivity contribution in [3.63, 3.8) is 0 Å². The maximum absolute atomic E-state index is 13.2. The van der Waals surface area contributed by atoms with Gasteiger partial charge in [-0.3, -0.25) is 9.59 Å². The fourth-order valence-corrected chi connectivity index (χ4v) is 4.07. The van der Waals surface area contributed by atoms with E-state index in [1.54, 1.807) is 4.57 Å². The van der Waals surface area contributed by atoms with Gasteiger partial charge in [-0.1, -0.05) is 24.3 Å². The third-order valence-corrected chi connectivity index (χ3v) is 5.37. The Morgan fingerprint density at radius 1 is 1.33 bits per heavy atom. The Hall–Kier alpha value is -2.64. The van der Waals surface area contributed by atoms with Gasteiger partial charge in [0, 0.05) is 44.2 Å². The van der Waals surface area contributed by atoms with Crippen LogP contribution in [0.2, 0.25) is 0 Å². The molecule has 0 radical (unpaired) electrons. The van der Waals surface area contributed by atoms with E-state index in [9.17, 15) is 14.7 Å². The van der Waals surface area contributed by atoms with Gasteiger partial charge in [0.1, 0.15) is 11.3 Å². The fraction of sp³-hybridized carbons (Fsp3) is 0.400. The molecular formula is C20H23N3O4. The highest BCUT2D eigenvalue weighted by Crippen LogP contribution is 2.32. The molecule has 2 aromatic rings. The van der Waals surface area contributed by atoms with Crippen LogP contribution in [0.5, 0.6) is 5.75 Å². The van der Waals surface area contributed by atoms with Crippen LogP contribution in [-0.2, 0) is 19.4 Å². The van der Waals surface area contributed by atoms with Gasteiger partial charge >= 0.3 is 0 Å². The topological polar surface area (TPSA) is 92.6 Å². The lowest BCUT2D eigenvalue weighted by molar-refractivity contribution is 0.0853. The van der Waals surface area contributed by atoms with Gasteiger partial charge in [-0.05, 0) is 11.1 Å². The van der Waals surface area contributed by atoms with Crippen molar-refractivity contribution in [3.8, 4) is 5.75 Å². The normalized spacial score (nSPS) is 21.1. The molecule has 1 aliphatic carbocycles. The van der Waals surface area contributed by atoms with Gasteiger partial charge in [0.25, 0.3) is 11.5 Å². The Bertz CT molecular complexity index is 937. The van der Waals surface area contributed by atoms with Crippen LogP contribution < -0.4 is 20.9 Å². The van der Waals surface area contributed by atoms with E-state index in [1.807, 2.05) is 24.3 Å². The third-order valence-electron chi connectivity index (χ3n) is 5.37. The molecule has 0 spiro atoms. The lowest BCUT2D eigenvalue weighted by Gasteiger charge is -2.21. The number of nitrogens with one attached hydrogen (secondary N) is 2. The monoisotopic (exact) mass is 369 g/mol. The van der Waals surface area contributed by atoms with Crippen LogP contribution >= 0.6 is 0 Å². The van der Waals surface area contributed by atoms with E-state index in [4.69, 9.17) is 4.74 Å². The highest BCUT2D eigenvalue weighted by atomic mass is 16.5. The van der Waals surface area contributed by atoms with E-state index >= 15 is 0 Å². The molecule has 27 heavy (non-hydrogen) atoms. The molecule has 0 saturated heterocycles. The third kappa shape index (κ3) is 3.13. The number of aliphatic hydroxyl groups is 1. The number of aromatic nitrogens is 1.